The summed E-state index contributed by atoms with van der Waals surface area (Å²) in [5.74, 6) is -0.479. The van der Waals surface area contributed by atoms with Gasteiger partial charge in [0.2, 0.25) is 0 Å². The monoisotopic (exact) mass is 284 g/mol. The molecule has 0 saturated carbocycles. The molecule has 1 aromatic heterocycles. The van der Waals surface area contributed by atoms with Crippen LogP contribution in [0.5, 0.6) is 0 Å². The Morgan fingerprint density at radius 2 is 2.19 bits per heavy atom. The Bertz CT molecular complexity index is 627. The standard InChI is InChI=1S/C10H9BrN2O3/c1-13-7-4-5(11)3-6(9(14)16-2)8(7)12-10(13)15/h3-4H,1-2H3,(H,12,15). The molecule has 0 fully saturated rings. The maximum absolute atomic E-state index is 11.5. The van der Waals surface area contributed by atoms with Gasteiger partial charge < -0.3 is 9.72 Å². The van der Waals surface area contributed by atoms with Gasteiger partial charge in [0.05, 0.1) is 23.7 Å². The molecule has 84 valence electrons. The number of rotatable bonds is 1. The fraction of sp³-hybridized carbons (Fsp3) is 0.200. The number of fused-ring (bicyclic) bond motifs is 1. The lowest BCUT2D eigenvalue weighted by atomic mass is 10.2. The molecule has 0 saturated heterocycles. The molecule has 1 aromatic carbocycles. The van der Waals surface area contributed by atoms with Crippen LogP contribution in [0.15, 0.2) is 21.4 Å². The average molecular weight is 285 g/mol. The molecular formula is C10H9BrN2O3. The van der Waals surface area contributed by atoms with E-state index in [1.54, 1.807) is 19.2 Å². The van der Waals surface area contributed by atoms with E-state index in [4.69, 9.17) is 0 Å². The molecule has 1 N–H and O–H groups in total. The molecule has 2 rings (SSSR count). The lowest BCUT2D eigenvalue weighted by Gasteiger charge is -2.02. The van der Waals surface area contributed by atoms with Crippen molar-refractivity contribution < 1.29 is 9.53 Å². The summed E-state index contributed by atoms with van der Waals surface area (Å²) in [6.45, 7) is 0. The van der Waals surface area contributed by atoms with Crippen molar-refractivity contribution in [2.75, 3.05) is 7.11 Å². The predicted molar refractivity (Wildman–Crippen MR) is 62.6 cm³/mol. The third-order valence-electron chi connectivity index (χ3n) is 2.39. The smallest absolute Gasteiger partial charge is 0.340 e. The van der Waals surface area contributed by atoms with Crippen LogP contribution >= 0.6 is 15.9 Å². The lowest BCUT2D eigenvalue weighted by molar-refractivity contribution is 0.0602. The van der Waals surface area contributed by atoms with Crippen molar-refractivity contribution >= 4 is 32.9 Å². The van der Waals surface area contributed by atoms with Crippen molar-refractivity contribution in [1.29, 1.82) is 0 Å². The summed E-state index contributed by atoms with van der Waals surface area (Å²) in [5.41, 5.74) is 1.21. The molecule has 5 nitrogen and oxygen atoms in total. The fourth-order valence-electron chi connectivity index (χ4n) is 1.56. The molecule has 0 radical (unpaired) electrons. The number of halogens is 1. The number of aromatic amines is 1. The first-order valence-corrected chi connectivity index (χ1v) is 5.30. The van der Waals surface area contributed by atoms with E-state index in [1.165, 1.54) is 11.7 Å². The van der Waals surface area contributed by atoms with Gasteiger partial charge in [0.25, 0.3) is 0 Å². The molecule has 0 aliphatic carbocycles. The number of nitrogens with one attached hydrogen (secondary N) is 1. The van der Waals surface area contributed by atoms with E-state index in [-0.39, 0.29) is 5.69 Å². The molecule has 0 aliphatic heterocycles. The van der Waals surface area contributed by atoms with E-state index in [2.05, 4.69) is 25.7 Å². The van der Waals surface area contributed by atoms with Crippen molar-refractivity contribution in [3.05, 3.63) is 32.7 Å². The van der Waals surface area contributed by atoms with Gasteiger partial charge in [-0.2, -0.15) is 0 Å². The minimum Gasteiger partial charge on any atom is -0.465 e. The van der Waals surface area contributed by atoms with E-state index in [9.17, 15) is 9.59 Å². The highest BCUT2D eigenvalue weighted by molar-refractivity contribution is 9.10. The summed E-state index contributed by atoms with van der Waals surface area (Å²) in [6, 6.07) is 3.38. The van der Waals surface area contributed by atoms with Gasteiger partial charge >= 0.3 is 11.7 Å². The van der Waals surface area contributed by atoms with Gasteiger partial charge in [-0.15, -0.1) is 0 Å². The first-order chi connectivity index (χ1) is 7.54. The second-order valence-electron chi connectivity index (χ2n) is 3.33. The highest BCUT2D eigenvalue weighted by atomic mass is 79.9. The van der Waals surface area contributed by atoms with Gasteiger partial charge in [-0.1, -0.05) is 15.9 Å². The largest absolute Gasteiger partial charge is 0.465 e. The second-order valence-corrected chi connectivity index (χ2v) is 4.24. The number of ether oxygens (including phenoxy) is 1. The van der Waals surface area contributed by atoms with Gasteiger partial charge in [0, 0.05) is 11.5 Å². The molecule has 0 bridgehead atoms. The Hall–Kier alpha value is -1.56. The Balaban J connectivity index is 2.88. The van der Waals surface area contributed by atoms with E-state index in [0.717, 1.165) is 4.47 Å². The van der Waals surface area contributed by atoms with Crippen LogP contribution in [0.25, 0.3) is 11.0 Å². The van der Waals surface area contributed by atoms with Crippen molar-refractivity contribution in [3.63, 3.8) is 0 Å². The zero-order valence-electron chi connectivity index (χ0n) is 8.70. The zero-order chi connectivity index (χ0) is 11.9. The molecular weight excluding hydrogens is 276 g/mol. The molecule has 0 spiro atoms. The van der Waals surface area contributed by atoms with Gasteiger partial charge in [-0.3, -0.25) is 4.57 Å². The Morgan fingerprint density at radius 3 is 2.81 bits per heavy atom. The van der Waals surface area contributed by atoms with Crippen LogP contribution in [0.2, 0.25) is 0 Å². The van der Waals surface area contributed by atoms with E-state index in [0.29, 0.717) is 16.6 Å². The van der Waals surface area contributed by atoms with Gasteiger partial charge in [0.15, 0.2) is 0 Å². The fourth-order valence-corrected chi connectivity index (χ4v) is 2.01. The minimum atomic E-state index is -0.479. The Labute approximate surface area is 99.2 Å². The minimum absolute atomic E-state index is 0.266. The maximum atomic E-state index is 11.5. The number of methoxy groups -OCH3 is 1. The van der Waals surface area contributed by atoms with Crippen LogP contribution in [0.1, 0.15) is 10.4 Å². The van der Waals surface area contributed by atoms with Crippen LogP contribution in [-0.2, 0) is 11.8 Å². The molecule has 0 unspecified atom stereocenters. The van der Waals surface area contributed by atoms with Crippen LogP contribution in [0.4, 0.5) is 0 Å². The highest BCUT2D eigenvalue weighted by Crippen LogP contribution is 2.22. The SMILES string of the molecule is COC(=O)c1cc(Br)cc2c1[nH]c(=O)n2C. The topological polar surface area (TPSA) is 64.1 Å². The number of benzene rings is 1. The lowest BCUT2D eigenvalue weighted by Crippen LogP contribution is -2.11. The third kappa shape index (κ3) is 1.55. The summed E-state index contributed by atoms with van der Waals surface area (Å²) in [7, 11) is 2.94. The highest BCUT2D eigenvalue weighted by Gasteiger charge is 2.15. The number of H-pyrrole nitrogens is 1. The number of hydrogen-bond donors (Lipinski definition) is 1. The van der Waals surface area contributed by atoms with Crippen molar-refractivity contribution in [2.45, 2.75) is 0 Å². The summed E-state index contributed by atoms with van der Waals surface area (Å²) in [4.78, 5) is 25.6. The van der Waals surface area contributed by atoms with Crippen molar-refractivity contribution in [2.24, 2.45) is 7.05 Å². The number of carbonyl (C=O) groups is 1. The summed E-state index contributed by atoms with van der Waals surface area (Å²) in [6.07, 6.45) is 0. The zero-order valence-corrected chi connectivity index (χ0v) is 10.3. The Kier molecular flexibility index (Phi) is 2.59. The van der Waals surface area contributed by atoms with Crippen LogP contribution < -0.4 is 5.69 Å². The molecule has 2 aromatic rings. The number of esters is 1. The molecule has 0 aliphatic rings. The second kappa shape index (κ2) is 3.79. The van der Waals surface area contributed by atoms with Crippen LogP contribution in [0.3, 0.4) is 0 Å². The first kappa shape index (κ1) is 10.9. The molecule has 0 amide bonds. The number of carbonyl (C=O) groups excluding carboxylic acids is 1. The van der Waals surface area contributed by atoms with E-state index >= 15 is 0 Å². The predicted octanol–water partition coefficient (Wildman–Crippen LogP) is 1.42. The number of aryl methyl sites for hydroxylation is 1. The average Bonchev–Trinajstić information content (AvgIpc) is 2.54. The maximum Gasteiger partial charge on any atom is 0.340 e. The number of hydrogen-bond acceptors (Lipinski definition) is 3. The van der Waals surface area contributed by atoms with E-state index < -0.39 is 5.97 Å². The van der Waals surface area contributed by atoms with Crippen molar-refractivity contribution in [1.82, 2.24) is 9.55 Å². The normalized spacial score (nSPS) is 10.7. The molecule has 0 atom stereocenters. The van der Waals surface area contributed by atoms with Gasteiger partial charge in [-0.25, -0.2) is 9.59 Å². The van der Waals surface area contributed by atoms with Crippen LogP contribution in [0, 0.1) is 0 Å². The van der Waals surface area contributed by atoms with E-state index in [1.807, 2.05) is 0 Å². The summed E-state index contributed by atoms with van der Waals surface area (Å²) in [5, 5.41) is 0. The Morgan fingerprint density at radius 1 is 1.50 bits per heavy atom. The summed E-state index contributed by atoms with van der Waals surface area (Å²) >= 11 is 3.29. The first-order valence-electron chi connectivity index (χ1n) is 4.51. The van der Waals surface area contributed by atoms with Gasteiger partial charge in [0.1, 0.15) is 0 Å². The van der Waals surface area contributed by atoms with Crippen LogP contribution in [-0.4, -0.2) is 22.6 Å². The van der Waals surface area contributed by atoms with Gasteiger partial charge in [-0.05, 0) is 12.1 Å². The number of aromatic nitrogens is 2. The summed E-state index contributed by atoms with van der Waals surface area (Å²) < 4.78 is 6.81. The number of imidazole rings is 1. The third-order valence-corrected chi connectivity index (χ3v) is 2.84. The molecule has 16 heavy (non-hydrogen) atoms. The number of nitrogens with zero attached hydrogens (tertiary/aromatic N) is 1. The quantitative estimate of drug-likeness (QED) is 0.806. The molecule has 1 heterocycles. The molecule has 6 heteroatoms. The van der Waals surface area contributed by atoms with Crippen molar-refractivity contribution in [3.8, 4) is 0 Å².